The summed E-state index contributed by atoms with van der Waals surface area (Å²) in [5.74, 6) is 0.114. The van der Waals surface area contributed by atoms with Gasteiger partial charge in [0.15, 0.2) is 0 Å². The zero-order valence-corrected chi connectivity index (χ0v) is 15.9. The van der Waals surface area contributed by atoms with E-state index < -0.39 is 26.1 Å². The Morgan fingerprint density at radius 2 is 1.75 bits per heavy atom. The molecule has 0 unspecified atom stereocenters. The number of hydrogen-bond donors (Lipinski definition) is 1. The van der Waals surface area contributed by atoms with E-state index in [4.69, 9.17) is 9.47 Å². The third-order valence-corrected chi connectivity index (χ3v) is 5.14. The van der Waals surface area contributed by atoms with E-state index in [-0.39, 0.29) is 17.9 Å². The molecule has 2 aromatic carbocycles. The lowest BCUT2D eigenvalue weighted by atomic mass is 10.1. The van der Waals surface area contributed by atoms with Crippen LogP contribution in [0.3, 0.4) is 0 Å². The molecule has 0 aromatic heterocycles. The Kier molecular flexibility index (Phi) is 6.55. The highest BCUT2D eigenvalue weighted by molar-refractivity contribution is 7.92. The highest BCUT2D eigenvalue weighted by Crippen LogP contribution is 2.34. The first kappa shape index (κ1) is 21.5. The molecule has 0 fully saturated rings. The lowest BCUT2D eigenvalue weighted by Crippen LogP contribution is -2.23. The lowest BCUT2D eigenvalue weighted by molar-refractivity contribution is -0.115. The Morgan fingerprint density at radius 3 is 2.29 bits per heavy atom. The van der Waals surface area contributed by atoms with E-state index in [1.807, 2.05) is 6.92 Å². The van der Waals surface area contributed by atoms with E-state index in [1.54, 1.807) is 24.3 Å². The minimum absolute atomic E-state index is 0.0289. The number of hydrogen-bond acceptors (Lipinski definition) is 5. The first-order chi connectivity index (χ1) is 13.1. The number of carbonyl (C=O) groups is 1. The van der Waals surface area contributed by atoms with E-state index >= 15 is 0 Å². The first-order valence-electron chi connectivity index (χ1n) is 8.09. The summed E-state index contributed by atoms with van der Waals surface area (Å²) in [5.41, 5.74) is -4.99. The topological polar surface area (TPSA) is 81.7 Å². The standard InChI is InChI=1S/C18H18F3NO5S/c1-3-27-13-6-4-12(5-7-13)10-17(23)22-15-11-14(8-9-16(15)26-2)28(24,25)18(19,20)21/h4-9,11H,3,10H2,1-2H3,(H,22,23). The monoisotopic (exact) mass is 417 g/mol. The molecular formula is C18H18F3NO5S. The summed E-state index contributed by atoms with van der Waals surface area (Å²) in [6.45, 7) is 2.33. The van der Waals surface area contributed by atoms with Gasteiger partial charge >= 0.3 is 5.51 Å². The number of ether oxygens (including phenoxy) is 2. The zero-order chi connectivity index (χ0) is 20.9. The van der Waals surface area contributed by atoms with Crippen LogP contribution >= 0.6 is 0 Å². The number of amides is 1. The predicted octanol–water partition coefficient (Wildman–Crippen LogP) is 3.57. The number of anilines is 1. The largest absolute Gasteiger partial charge is 0.501 e. The maximum atomic E-state index is 12.8. The summed E-state index contributed by atoms with van der Waals surface area (Å²) < 4.78 is 71.7. The van der Waals surface area contributed by atoms with Gasteiger partial charge in [-0.05, 0) is 42.8 Å². The normalized spacial score (nSPS) is 11.8. The molecule has 0 aliphatic carbocycles. The molecule has 1 N–H and O–H groups in total. The van der Waals surface area contributed by atoms with Gasteiger partial charge in [-0.15, -0.1) is 0 Å². The summed E-state index contributed by atoms with van der Waals surface area (Å²) in [6, 6.07) is 9.25. The van der Waals surface area contributed by atoms with Crippen molar-refractivity contribution in [3.8, 4) is 11.5 Å². The quantitative estimate of drug-likeness (QED) is 0.745. The van der Waals surface area contributed by atoms with Gasteiger partial charge in [-0.25, -0.2) is 8.42 Å². The number of nitrogens with one attached hydrogen (secondary N) is 1. The van der Waals surface area contributed by atoms with Crippen LogP contribution < -0.4 is 14.8 Å². The molecule has 0 aliphatic heterocycles. The molecule has 0 radical (unpaired) electrons. The van der Waals surface area contributed by atoms with Crippen LogP contribution in [0.1, 0.15) is 12.5 Å². The molecule has 1 amide bonds. The van der Waals surface area contributed by atoms with Crippen LogP contribution in [0.25, 0.3) is 0 Å². The van der Waals surface area contributed by atoms with Gasteiger partial charge in [0.05, 0.1) is 30.7 Å². The second-order valence-corrected chi connectivity index (χ2v) is 7.55. The Hall–Kier alpha value is -2.75. The molecule has 0 aliphatic rings. The molecule has 0 atom stereocenters. The van der Waals surface area contributed by atoms with Crippen LogP contribution in [0, 0.1) is 0 Å². The summed E-state index contributed by atoms with van der Waals surface area (Å²) in [7, 11) is -4.30. The van der Waals surface area contributed by atoms with Gasteiger partial charge in [0.25, 0.3) is 9.84 Å². The Bertz CT molecular complexity index is 941. The van der Waals surface area contributed by atoms with Crippen LogP contribution in [0.5, 0.6) is 11.5 Å². The molecule has 2 rings (SSSR count). The van der Waals surface area contributed by atoms with Crippen LogP contribution in [0.15, 0.2) is 47.4 Å². The van der Waals surface area contributed by atoms with Crippen molar-refractivity contribution in [3.05, 3.63) is 48.0 Å². The van der Waals surface area contributed by atoms with Crippen molar-refractivity contribution >= 4 is 21.4 Å². The fourth-order valence-electron chi connectivity index (χ4n) is 2.34. The molecule has 152 valence electrons. The minimum atomic E-state index is -5.55. The van der Waals surface area contributed by atoms with E-state index in [0.29, 0.717) is 17.9 Å². The lowest BCUT2D eigenvalue weighted by Gasteiger charge is -2.14. The maximum Gasteiger partial charge on any atom is 0.501 e. The molecule has 0 saturated carbocycles. The summed E-state index contributed by atoms with van der Waals surface area (Å²) in [5, 5.41) is 2.39. The third kappa shape index (κ3) is 4.94. The number of alkyl halides is 3. The van der Waals surface area contributed by atoms with Crippen molar-refractivity contribution in [2.45, 2.75) is 23.7 Å². The molecule has 0 spiro atoms. The summed E-state index contributed by atoms with van der Waals surface area (Å²) in [6.07, 6.45) is -0.0776. The van der Waals surface area contributed by atoms with Gasteiger partial charge in [-0.3, -0.25) is 4.79 Å². The Labute approximate surface area is 160 Å². The second-order valence-electron chi connectivity index (χ2n) is 5.61. The van der Waals surface area contributed by atoms with Crippen molar-refractivity contribution in [1.82, 2.24) is 0 Å². The van der Waals surface area contributed by atoms with Crippen LogP contribution in [-0.2, 0) is 21.1 Å². The van der Waals surface area contributed by atoms with Gasteiger partial charge in [-0.2, -0.15) is 13.2 Å². The average molecular weight is 417 g/mol. The van der Waals surface area contributed by atoms with Gasteiger partial charge in [0, 0.05) is 0 Å². The van der Waals surface area contributed by atoms with Crippen LogP contribution in [0.4, 0.5) is 18.9 Å². The highest BCUT2D eigenvalue weighted by Gasteiger charge is 2.47. The minimum Gasteiger partial charge on any atom is -0.495 e. The number of carbonyl (C=O) groups excluding carboxylic acids is 1. The van der Waals surface area contributed by atoms with Crippen molar-refractivity contribution in [1.29, 1.82) is 0 Å². The average Bonchev–Trinajstić information content (AvgIpc) is 2.62. The molecule has 0 bridgehead atoms. The molecule has 28 heavy (non-hydrogen) atoms. The van der Waals surface area contributed by atoms with Gasteiger partial charge in [-0.1, -0.05) is 12.1 Å². The molecule has 2 aromatic rings. The Morgan fingerprint density at radius 1 is 1.11 bits per heavy atom. The van der Waals surface area contributed by atoms with E-state index in [2.05, 4.69) is 5.32 Å². The molecule has 0 heterocycles. The zero-order valence-electron chi connectivity index (χ0n) is 15.0. The summed E-state index contributed by atoms with van der Waals surface area (Å²) >= 11 is 0. The van der Waals surface area contributed by atoms with Crippen molar-refractivity contribution < 1.29 is 35.9 Å². The van der Waals surface area contributed by atoms with Gasteiger partial charge < -0.3 is 14.8 Å². The molecular weight excluding hydrogens is 399 g/mol. The number of halogens is 3. The first-order valence-corrected chi connectivity index (χ1v) is 9.57. The van der Waals surface area contributed by atoms with Crippen LogP contribution in [-0.4, -0.2) is 33.5 Å². The van der Waals surface area contributed by atoms with Crippen molar-refractivity contribution in [3.63, 3.8) is 0 Å². The molecule has 10 heteroatoms. The second kappa shape index (κ2) is 8.51. The number of benzene rings is 2. The Balaban J connectivity index is 2.22. The maximum absolute atomic E-state index is 12.8. The third-order valence-electron chi connectivity index (χ3n) is 3.66. The number of sulfone groups is 1. The summed E-state index contributed by atoms with van der Waals surface area (Å²) in [4.78, 5) is 11.3. The van der Waals surface area contributed by atoms with E-state index in [9.17, 15) is 26.4 Å². The SMILES string of the molecule is CCOc1ccc(CC(=O)Nc2cc(S(=O)(=O)C(F)(F)F)ccc2OC)cc1. The van der Waals surface area contributed by atoms with Crippen molar-refractivity contribution in [2.24, 2.45) is 0 Å². The number of rotatable bonds is 7. The van der Waals surface area contributed by atoms with E-state index in [1.165, 1.54) is 7.11 Å². The van der Waals surface area contributed by atoms with Gasteiger partial charge in [0.2, 0.25) is 5.91 Å². The number of methoxy groups -OCH3 is 1. The molecule has 6 nitrogen and oxygen atoms in total. The van der Waals surface area contributed by atoms with E-state index in [0.717, 1.165) is 18.2 Å². The van der Waals surface area contributed by atoms with Gasteiger partial charge in [0.1, 0.15) is 11.5 Å². The van der Waals surface area contributed by atoms with Crippen LogP contribution in [0.2, 0.25) is 0 Å². The molecule has 0 saturated heterocycles. The fourth-order valence-corrected chi connectivity index (χ4v) is 3.12. The predicted molar refractivity (Wildman–Crippen MR) is 96.2 cm³/mol. The smallest absolute Gasteiger partial charge is 0.495 e. The van der Waals surface area contributed by atoms with Crippen molar-refractivity contribution in [2.75, 3.05) is 19.0 Å². The highest BCUT2D eigenvalue weighted by atomic mass is 32.2. The fraction of sp³-hybridized carbons (Fsp3) is 0.278.